The van der Waals surface area contributed by atoms with Crippen molar-refractivity contribution in [3.63, 3.8) is 0 Å². The zero-order valence-corrected chi connectivity index (χ0v) is 20.0. The maximum Gasteiger partial charge on any atom is 0.314 e. The number of nitrogens with one attached hydrogen (secondary N) is 2. The van der Waals surface area contributed by atoms with E-state index in [1.54, 1.807) is 18.4 Å². The van der Waals surface area contributed by atoms with Gasteiger partial charge in [-0.15, -0.1) is 9.41 Å². The van der Waals surface area contributed by atoms with Gasteiger partial charge in [-0.1, -0.05) is 42.3 Å². The lowest BCUT2D eigenvalue weighted by Crippen LogP contribution is -2.43. The van der Waals surface area contributed by atoms with Gasteiger partial charge in [0.2, 0.25) is 0 Å². The molecule has 2 aromatic heterocycles. The van der Waals surface area contributed by atoms with Crippen LogP contribution in [0.4, 0.5) is 13.2 Å². The molecule has 7 nitrogen and oxygen atoms in total. The van der Waals surface area contributed by atoms with Crippen LogP contribution in [0.1, 0.15) is 0 Å². The molecule has 4 aromatic rings. The van der Waals surface area contributed by atoms with Crippen molar-refractivity contribution >= 4 is 26.4 Å². The van der Waals surface area contributed by atoms with Crippen LogP contribution in [0.2, 0.25) is 0 Å². The van der Waals surface area contributed by atoms with Crippen LogP contribution in [-0.4, -0.2) is 63.5 Å². The summed E-state index contributed by atoms with van der Waals surface area (Å²) < 4.78 is 61.6. The van der Waals surface area contributed by atoms with E-state index in [1.807, 2.05) is 36.4 Å². The van der Waals surface area contributed by atoms with Crippen LogP contribution >= 0.6 is 0 Å². The van der Waals surface area contributed by atoms with Crippen LogP contribution in [0, 0.1) is 10.6 Å². The Bertz CT molecular complexity index is 1520. The number of aliphatic hydroxyl groups is 1. The highest BCUT2D eigenvalue weighted by atomic mass is 32.2. The number of ether oxygens (including phenoxy) is 2. The molecule has 0 amide bonds. The normalized spacial score (nSPS) is 20.9. The fraction of sp³-hybridized carbons (Fsp3) is 0.240. The summed E-state index contributed by atoms with van der Waals surface area (Å²) in [7, 11) is -1.80. The number of alkyl halides is 2. The minimum Gasteiger partial charge on any atom is -0.452 e. The van der Waals surface area contributed by atoms with E-state index in [-0.39, 0.29) is 22.9 Å². The lowest BCUT2D eigenvalue weighted by atomic mass is 10.0. The van der Waals surface area contributed by atoms with Gasteiger partial charge in [-0.05, 0) is 29.5 Å². The third kappa shape index (κ3) is 4.45. The van der Waals surface area contributed by atoms with Gasteiger partial charge in [-0.2, -0.15) is 13.8 Å². The molecule has 1 saturated heterocycles. The van der Waals surface area contributed by atoms with Crippen molar-refractivity contribution in [3.8, 4) is 28.4 Å². The largest absolute Gasteiger partial charge is 0.452 e. The van der Waals surface area contributed by atoms with Gasteiger partial charge in [0.1, 0.15) is 11.8 Å². The SMILES string of the molecule is C=S(C)(=N)c1ccc(-c2ccc(-c3nc4nc(O[C@@H]5CO[C@H](CO)C5(F)F)[nH]c4cc3F)cc2)cc1. The number of H-pyrrole nitrogens is 1. The number of hydrogen-bond donors (Lipinski definition) is 3. The van der Waals surface area contributed by atoms with E-state index in [2.05, 4.69) is 20.8 Å². The summed E-state index contributed by atoms with van der Waals surface area (Å²) >= 11 is 0. The van der Waals surface area contributed by atoms with Gasteiger partial charge >= 0.3 is 5.92 Å². The molecular weight excluding hydrogens is 493 g/mol. The summed E-state index contributed by atoms with van der Waals surface area (Å²) in [6, 6.07) is 15.7. The molecule has 0 spiro atoms. The monoisotopic (exact) mass is 516 g/mol. The van der Waals surface area contributed by atoms with Crippen molar-refractivity contribution in [3.05, 3.63) is 60.4 Å². The Labute approximate surface area is 205 Å². The highest BCUT2D eigenvalue weighted by Crippen LogP contribution is 2.35. The molecule has 0 bridgehead atoms. The standard InChI is InChI=1S/C25H23F3N4O3S/c1-36(2,29)17-9-7-15(8-10-17)14-3-5-16(6-4-14)22-18(26)11-19-23(31-22)32-24(30-19)35-21-13-34-20(12-33)25(21,27)28/h3-11,20-21,29,33H,1,12-13H2,2H3,(H,30,31,32)/t20-,21-,36?/m1/s1. The van der Waals surface area contributed by atoms with Gasteiger partial charge < -0.3 is 19.6 Å². The van der Waals surface area contributed by atoms with E-state index in [0.717, 1.165) is 16.0 Å². The quantitative estimate of drug-likeness (QED) is 0.327. The smallest absolute Gasteiger partial charge is 0.314 e. The topological polar surface area (TPSA) is 104 Å². The maximum absolute atomic E-state index is 14.9. The number of aromatic nitrogens is 3. The van der Waals surface area contributed by atoms with Crippen molar-refractivity contribution in [2.45, 2.75) is 23.0 Å². The summed E-state index contributed by atoms with van der Waals surface area (Å²) in [4.78, 5) is 11.9. The van der Waals surface area contributed by atoms with Gasteiger partial charge in [0, 0.05) is 16.5 Å². The number of halogens is 3. The summed E-state index contributed by atoms with van der Waals surface area (Å²) in [5, 5.41) is 9.05. The Morgan fingerprint density at radius 3 is 2.33 bits per heavy atom. The van der Waals surface area contributed by atoms with Gasteiger partial charge in [0.25, 0.3) is 6.01 Å². The first kappa shape index (κ1) is 24.3. The summed E-state index contributed by atoms with van der Waals surface area (Å²) in [5.41, 5.74) is 2.73. The number of hydrogen-bond acceptors (Lipinski definition) is 6. The minimum absolute atomic E-state index is 0.0583. The Morgan fingerprint density at radius 1 is 1.14 bits per heavy atom. The number of fused-ring (bicyclic) bond motifs is 1. The van der Waals surface area contributed by atoms with E-state index in [0.29, 0.717) is 5.56 Å². The minimum atomic E-state index is -3.41. The molecule has 0 radical (unpaired) electrons. The molecule has 188 valence electrons. The Hall–Kier alpha value is -3.41. The molecule has 0 saturated carbocycles. The van der Waals surface area contributed by atoms with Gasteiger partial charge in [0.15, 0.2) is 17.6 Å². The van der Waals surface area contributed by atoms with Crippen LogP contribution in [0.25, 0.3) is 33.5 Å². The van der Waals surface area contributed by atoms with Crippen LogP contribution in [0.15, 0.2) is 59.5 Å². The van der Waals surface area contributed by atoms with Crippen LogP contribution in [0.5, 0.6) is 6.01 Å². The number of nitrogens with zero attached hydrogens (tertiary/aromatic N) is 2. The second-order valence-electron chi connectivity index (χ2n) is 8.71. The molecular formula is C25H23F3N4O3S. The first-order valence-electron chi connectivity index (χ1n) is 11.0. The van der Waals surface area contributed by atoms with E-state index >= 15 is 0 Å². The fourth-order valence-corrected chi connectivity index (χ4v) is 4.71. The second kappa shape index (κ2) is 8.91. The molecule has 2 aromatic carbocycles. The molecule has 11 heteroatoms. The van der Waals surface area contributed by atoms with E-state index in [1.165, 1.54) is 6.07 Å². The van der Waals surface area contributed by atoms with Crippen molar-refractivity contribution in [2.24, 2.45) is 0 Å². The van der Waals surface area contributed by atoms with Crippen molar-refractivity contribution in [2.75, 3.05) is 19.5 Å². The molecule has 1 aliphatic rings. The number of rotatable bonds is 6. The molecule has 1 aliphatic heterocycles. The highest BCUT2D eigenvalue weighted by Gasteiger charge is 2.55. The van der Waals surface area contributed by atoms with E-state index < -0.39 is 46.6 Å². The zero-order valence-electron chi connectivity index (χ0n) is 19.2. The Balaban J connectivity index is 1.39. The van der Waals surface area contributed by atoms with Crippen LogP contribution < -0.4 is 4.74 Å². The van der Waals surface area contributed by atoms with Gasteiger partial charge in [-0.3, -0.25) is 4.78 Å². The van der Waals surface area contributed by atoms with E-state index in [9.17, 15) is 13.2 Å². The lowest BCUT2D eigenvalue weighted by Gasteiger charge is -2.20. The summed E-state index contributed by atoms with van der Waals surface area (Å²) in [6.45, 7) is -1.26. The van der Waals surface area contributed by atoms with Crippen molar-refractivity contribution < 1.29 is 27.8 Å². The van der Waals surface area contributed by atoms with Crippen LogP contribution in [0.3, 0.4) is 0 Å². The predicted octanol–water partition coefficient (Wildman–Crippen LogP) is 4.54. The molecule has 36 heavy (non-hydrogen) atoms. The summed E-state index contributed by atoms with van der Waals surface area (Å²) in [6.07, 6.45) is -1.50. The van der Waals surface area contributed by atoms with Crippen molar-refractivity contribution in [1.29, 1.82) is 4.78 Å². The molecule has 1 unspecified atom stereocenters. The van der Waals surface area contributed by atoms with Gasteiger partial charge in [0.05, 0.1) is 18.7 Å². The Kier molecular flexibility index (Phi) is 6.01. The number of aliphatic hydroxyl groups excluding tert-OH is 1. The molecule has 0 aliphatic carbocycles. The molecule has 5 rings (SSSR count). The van der Waals surface area contributed by atoms with Crippen LogP contribution in [-0.2, 0) is 14.2 Å². The first-order valence-corrected chi connectivity index (χ1v) is 13.2. The molecule has 3 N–H and O–H groups in total. The number of benzene rings is 2. The third-order valence-electron chi connectivity index (χ3n) is 6.00. The fourth-order valence-electron chi connectivity index (χ4n) is 3.98. The average molecular weight is 517 g/mol. The van der Waals surface area contributed by atoms with Gasteiger partial charge in [-0.25, -0.2) is 9.37 Å². The molecule has 3 atom stereocenters. The molecule has 3 heterocycles. The predicted molar refractivity (Wildman–Crippen MR) is 132 cm³/mol. The van der Waals surface area contributed by atoms with E-state index in [4.69, 9.17) is 19.4 Å². The maximum atomic E-state index is 14.9. The first-order chi connectivity index (χ1) is 17.1. The number of aromatic amines is 1. The molecule has 1 fully saturated rings. The zero-order chi connectivity index (χ0) is 25.7. The van der Waals surface area contributed by atoms with Crippen molar-refractivity contribution in [1.82, 2.24) is 15.0 Å². The third-order valence-corrected chi connectivity index (χ3v) is 7.31. The average Bonchev–Trinajstić information content (AvgIpc) is 3.36. The highest BCUT2D eigenvalue weighted by molar-refractivity contribution is 8.00. The summed E-state index contributed by atoms with van der Waals surface area (Å²) in [5.74, 6) is -0.119. The lowest BCUT2D eigenvalue weighted by molar-refractivity contribution is -0.118. The number of imidazole rings is 1. The number of pyridine rings is 1. The second-order valence-corrected chi connectivity index (χ2v) is 11.4. The Morgan fingerprint density at radius 2 is 1.75 bits per heavy atom.